The molecule has 3 heteroatoms. The third-order valence-electron chi connectivity index (χ3n) is 4.44. The molecule has 1 aliphatic heterocycles. The molecule has 0 radical (unpaired) electrons. The highest BCUT2D eigenvalue weighted by atomic mass is 16.5. The number of benzene rings is 1. The molecule has 21 heavy (non-hydrogen) atoms. The summed E-state index contributed by atoms with van der Waals surface area (Å²) in [5.41, 5.74) is 4.88. The quantitative estimate of drug-likeness (QED) is 0.936. The molecule has 3 rings (SSSR count). The first kappa shape index (κ1) is 14.5. The van der Waals surface area contributed by atoms with Crippen molar-refractivity contribution < 1.29 is 4.74 Å². The van der Waals surface area contributed by atoms with Gasteiger partial charge in [0, 0.05) is 18.2 Å². The van der Waals surface area contributed by atoms with Crippen molar-refractivity contribution >= 4 is 10.9 Å². The van der Waals surface area contributed by atoms with Gasteiger partial charge in [0.1, 0.15) is 0 Å². The fourth-order valence-corrected chi connectivity index (χ4v) is 3.33. The Morgan fingerprint density at radius 1 is 1.24 bits per heavy atom. The smallest absolute Gasteiger partial charge is 0.0713 e. The number of nitrogens with zero attached hydrogens (tertiary/aromatic N) is 1. The first-order valence-corrected chi connectivity index (χ1v) is 7.88. The SMILES string of the molecule is COCc1ccc2cc(C3CCCNCC3)c(C)nc2c1. The van der Waals surface area contributed by atoms with Crippen LogP contribution in [0.2, 0.25) is 0 Å². The van der Waals surface area contributed by atoms with Gasteiger partial charge in [0.25, 0.3) is 0 Å². The van der Waals surface area contributed by atoms with E-state index in [1.54, 1.807) is 7.11 Å². The zero-order valence-corrected chi connectivity index (χ0v) is 13.0. The number of rotatable bonds is 3. The number of ether oxygens (including phenoxy) is 1. The van der Waals surface area contributed by atoms with Gasteiger partial charge in [-0.05, 0) is 68.5 Å². The number of methoxy groups -OCH3 is 1. The van der Waals surface area contributed by atoms with Gasteiger partial charge in [0.05, 0.1) is 12.1 Å². The molecule has 1 unspecified atom stereocenters. The average molecular weight is 284 g/mol. The van der Waals surface area contributed by atoms with Crippen LogP contribution < -0.4 is 5.32 Å². The van der Waals surface area contributed by atoms with E-state index in [0.29, 0.717) is 12.5 Å². The second-order valence-corrected chi connectivity index (χ2v) is 6.00. The van der Waals surface area contributed by atoms with Crippen LogP contribution in [0.3, 0.4) is 0 Å². The Morgan fingerprint density at radius 3 is 3.00 bits per heavy atom. The van der Waals surface area contributed by atoms with E-state index in [1.807, 2.05) is 0 Å². The average Bonchev–Trinajstić information content (AvgIpc) is 2.76. The van der Waals surface area contributed by atoms with E-state index in [9.17, 15) is 0 Å². The Morgan fingerprint density at radius 2 is 2.14 bits per heavy atom. The molecule has 1 N–H and O–H groups in total. The number of hydrogen-bond donors (Lipinski definition) is 1. The Labute approximate surface area is 126 Å². The minimum absolute atomic E-state index is 0.646. The summed E-state index contributed by atoms with van der Waals surface area (Å²) < 4.78 is 5.21. The zero-order chi connectivity index (χ0) is 14.7. The summed E-state index contributed by atoms with van der Waals surface area (Å²) in [6.07, 6.45) is 3.74. The van der Waals surface area contributed by atoms with Crippen LogP contribution in [-0.2, 0) is 11.3 Å². The van der Waals surface area contributed by atoms with Gasteiger partial charge in [-0.25, -0.2) is 0 Å². The zero-order valence-electron chi connectivity index (χ0n) is 13.0. The summed E-state index contributed by atoms with van der Waals surface area (Å²) in [6.45, 7) is 5.06. The van der Waals surface area contributed by atoms with E-state index in [0.717, 1.165) is 18.6 Å². The number of aryl methyl sites for hydroxylation is 1. The standard InChI is InChI=1S/C18H24N2O/c1-13-17(15-4-3-8-19-9-7-15)11-16-6-5-14(12-21-2)10-18(16)20-13/h5-6,10-11,15,19H,3-4,7-9,12H2,1-2H3. The van der Waals surface area contributed by atoms with Crippen LogP contribution in [0.25, 0.3) is 10.9 Å². The molecule has 0 amide bonds. The largest absolute Gasteiger partial charge is 0.380 e. The second-order valence-electron chi connectivity index (χ2n) is 6.00. The molecule has 1 saturated heterocycles. The Bertz CT molecular complexity index is 616. The topological polar surface area (TPSA) is 34.1 Å². The molecular weight excluding hydrogens is 260 g/mol. The van der Waals surface area contributed by atoms with Gasteiger partial charge >= 0.3 is 0 Å². The minimum atomic E-state index is 0.646. The number of pyridine rings is 1. The summed E-state index contributed by atoms with van der Waals surface area (Å²) in [6, 6.07) is 8.81. The molecule has 1 atom stereocenters. The van der Waals surface area contributed by atoms with Gasteiger partial charge < -0.3 is 10.1 Å². The van der Waals surface area contributed by atoms with Gasteiger partial charge in [0.15, 0.2) is 0 Å². The van der Waals surface area contributed by atoms with Crippen LogP contribution in [0.4, 0.5) is 0 Å². The Hall–Kier alpha value is -1.45. The maximum absolute atomic E-state index is 5.21. The fraction of sp³-hybridized carbons (Fsp3) is 0.500. The highest BCUT2D eigenvalue weighted by molar-refractivity contribution is 5.80. The van der Waals surface area contributed by atoms with E-state index < -0.39 is 0 Å². The van der Waals surface area contributed by atoms with Crippen molar-refractivity contribution in [2.45, 2.75) is 38.7 Å². The first-order chi connectivity index (χ1) is 10.3. The summed E-state index contributed by atoms with van der Waals surface area (Å²) in [4.78, 5) is 4.85. The minimum Gasteiger partial charge on any atom is -0.380 e. The van der Waals surface area contributed by atoms with Gasteiger partial charge in [0.2, 0.25) is 0 Å². The fourth-order valence-electron chi connectivity index (χ4n) is 3.33. The van der Waals surface area contributed by atoms with Crippen LogP contribution in [0.1, 0.15) is 42.0 Å². The van der Waals surface area contributed by atoms with E-state index in [2.05, 4.69) is 36.5 Å². The molecule has 1 fully saturated rings. The van der Waals surface area contributed by atoms with Crippen LogP contribution in [0.5, 0.6) is 0 Å². The van der Waals surface area contributed by atoms with Crippen LogP contribution in [0, 0.1) is 6.92 Å². The summed E-state index contributed by atoms with van der Waals surface area (Å²) >= 11 is 0. The molecule has 0 saturated carbocycles. The van der Waals surface area contributed by atoms with Crippen LogP contribution in [-0.4, -0.2) is 25.2 Å². The molecule has 1 aromatic heterocycles. The maximum Gasteiger partial charge on any atom is 0.0713 e. The van der Waals surface area contributed by atoms with E-state index in [4.69, 9.17) is 9.72 Å². The van der Waals surface area contributed by atoms with Crippen molar-refractivity contribution in [3.63, 3.8) is 0 Å². The normalized spacial score (nSPS) is 19.6. The molecule has 2 heterocycles. The monoisotopic (exact) mass is 284 g/mol. The lowest BCUT2D eigenvalue weighted by atomic mass is 9.90. The molecule has 0 spiro atoms. The van der Waals surface area contributed by atoms with E-state index in [1.165, 1.54) is 41.5 Å². The van der Waals surface area contributed by atoms with Gasteiger partial charge in [-0.1, -0.05) is 12.1 Å². The molecule has 1 aromatic carbocycles. The molecule has 0 bridgehead atoms. The molecular formula is C18H24N2O. The summed E-state index contributed by atoms with van der Waals surface area (Å²) in [5, 5.41) is 4.73. The van der Waals surface area contributed by atoms with Crippen molar-refractivity contribution in [2.75, 3.05) is 20.2 Å². The number of fused-ring (bicyclic) bond motifs is 1. The van der Waals surface area contributed by atoms with Crippen LogP contribution in [0.15, 0.2) is 24.3 Å². The molecule has 1 aliphatic rings. The van der Waals surface area contributed by atoms with Crippen molar-refractivity contribution in [3.8, 4) is 0 Å². The summed E-state index contributed by atoms with van der Waals surface area (Å²) in [7, 11) is 1.73. The molecule has 3 nitrogen and oxygen atoms in total. The number of hydrogen-bond acceptors (Lipinski definition) is 3. The third kappa shape index (κ3) is 3.25. The lowest BCUT2D eigenvalue weighted by molar-refractivity contribution is 0.185. The van der Waals surface area contributed by atoms with E-state index >= 15 is 0 Å². The Kier molecular flexibility index (Phi) is 4.51. The lowest BCUT2D eigenvalue weighted by Gasteiger charge is -2.17. The Balaban J connectivity index is 1.96. The highest BCUT2D eigenvalue weighted by Crippen LogP contribution is 2.30. The van der Waals surface area contributed by atoms with Crippen molar-refractivity contribution in [1.82, 2.24) is 10.3 Å². The second kappa shape index (κ2) is 6.54. The predicted molar refractivity (Wildman–Crippen MR) is 86.7 cm³/mol. The number of nitrogens with one attached hydrogen (secondary N) is 1. The lowest BCUT2D eigenvalue weighted by Crippen LogP contribution is -2.14. The first-order valence-electron chi connectivity index (χ1n) is 7.88. The van der Waals surface area contributed by atoms with Crippen molar-refractivity contribution in [1.29, 1.82) is 0 Å². The van der Waals surface area contributed by atoms with Gasteiger partial charge in [-0.15, -0.1) is 0 Å². The van der Waals surface area contributed by atoms with Crippen LogP contribution >= 0.6 is 0 Å². The van der Waals surface area contributed by atoms with Gasteiger partial charge in [-0.3, -0.25) is 4.98 Å². The third-order valence-corrected chi connectivity index (χ3v) is 4.44. The molecule has 112 valence electrons. The van der Waals surface area contributed by atoms with Gasteiger partial charge in [-0.2, -0.15) is 0 Å². The van der Waals surface area contributed by atoms with E-state index in [-0.39, 0.29) is 0 Å². The highest BCUT2D eigenvalue weighted by Gasteiger charge is 2.17. The maximum atomic E-state index is 5.21. The molecule has 0 aliphatic carbocycles. The number of aromatic nitrogens is 1. The molecule has 2 aromatic rings. The predicted octanol–water partition coefficient (Wildman–Crippen LogP) is 3.55. The van der Waals surface area contributed by atoms with Crippen molar-refractivity contribution in [2.24, 2.45) is 0 Å². The van der Waals surface area contributed by atoms with Crippen molar-refractivity contribution in [3.05, 3.63) is 41.1 Å². The summed E-state index contributed by atoms with van der Waals surface area (Å²) in [5.74, 6) is 0.649.